The van der Waals surface area contributed by atoms with Crippen LogP contribution in [-0.2, 0) is 17.8 Å². The number of rotatable bonds is 10. The number of unbranched alkanes of at least 4 members (excludes halogenated alkanes) is 6. The van der Waals surface area contributed by atoms with Gasteiger partial charge in [0.15, 0.2) is 12.4 Å². The van der Waals surface area contributed by atoms with Crippen molar-refractivity contribution in [3.8, 4) is 0 Å². The molecule has 1 rings (SSSR count). The van der Waals surface area contributed by atoms with Crippen LogP contribution in [0.25, 0.3) is 0 Å². The van der Waals surface area contributed by atoms with Crippen LogP contribution in [0, 0.1) is 0 Å². The number of aromatic nitrogens is 1. The second-order valence-corrected chi connectivity index (χ2v) is 5.81. The Kier molecular flexibility index (Phi) is 13.6. The number of carboxylic acid groups (broad SMARTS) is 1. The summed E-state index contributed by atoms with van der Waals surface area (Å²) >= 11 is 0. The van der Waals surface area contributed by atoms with Crippen LogP contribution in [-0.4, -0.2) is 5.97 Å². The molecule has 0 bridgehead atoms. The predicted octanol–water partition coefficient (Wildman–Crippen LogP) is 3.43. The summed E-state index contributed by atoms with van der Waals surface area (Å²) in [6, 6.07) is 4.54. The fourth-order valence-electron chi connectivity index (χ4n) is 2.34. The highest BCUT2D eigenvalue weighted by atomic mass is 16.4. The van der Waals surface area contributed by atoms with Gasteiger partial charge in [0.05, 0.1) is 0 Å². The lowest BCUT2D eigenvalue weighted by Gasteiger charge is -2.00. The standard InChI is InChI=1S/C17H30N.C2H4O2/c1-3-5-6-7-8-9-10-14-18-15-12-17(11-4-2)13-16-18;1-2(3)4/h12-13,15-16H,3-11,14H2,1-2H3;1H3,(H,3,4)/q+1;/p-1. The Morgan fingerprint density at radius 2 is 1.45 bits per heavy atom. The minimum Gasteiger partial charge on any atom is -0.550 e. The fourth-order valence-corrected chi connectivity index (χ4v) is 2.34. The number of carboxylic acids is 1. The third-order valence-electron chi connectivity index (χ3n) is 3.52. The summed E-state index contributed by atoms with van der Waals surface area (Å²) in [4.78, 5) is 8.89. The first-order chi connectivity index (χ1) is 10.6. The average molecular weight is 307 g/mol. The lowest BCUT2D eigenvalue weighted by atomic mass is 10.1. The Morgan fingerprint density at radius 1 is 0.955 bits per heavy atom. The Hall–Kier alpha value is -1.38. The summed E-state index contributed by atoms with van der Waals surface area (Å²) in [5.41, 5.74) is 1.47. The molecule has 0 atom stereocenters. The van der Waals surface area contributed by atoms with Crippen molar-refractivity contribution in [1.29, 1.82) is 0 Å². The molecule has 0 saturated heterocycles. The molecule has 0 spiro atoms. The molecule has 1 heterocycles. The second kappa shape index (κ2) is 14.6. The van der Waals surface area contributed by atoms with Crippen molar-refractivity contribution in [3.05, 3.63) is 30.1 Å². The van der Waals surface area contributed by atoms with Gasteiger partial charge in [0.1, 0.15) is 6.54 Å². The summed E-state index contributed by atoms with van der Waals surface area (Å²) in [6.07, 6.45) is 16.6. The molecule has 0 aliphatic carbocycles. The molecule has 22 heavy (non-hydrogen) atoms. The van der Waals surface area contributed by atoms with Crippen molar-refractivity contribution in [3.63, 3.8) is 0 Å². The molecule has 0 aromatic carbocycles. The lowest BCUT2D eigenvalue weighted by Crippen LogP contribution is -2.32. The van der Waals surface area contributed by atoms with Gasteiger partial charge in [-0.2, -0.15) is 0 Å². The molecule has 126 valence electrons. The summed E-state index contributed by atoms with van der Waals surface area (Å²) < 4.78 is 2.32. The molecule has 0 fully saturated rings. The SMILES string of the molecule is CC(=O)[O-].CCCCCCCCC[n+]1ccc(CCC)cc1. The molecule has 0 aliphatic heterocycles. The van der Waals surface area contributed by atoms with Crippen molar-refractivity contribution in [1.82, 2.24) is 0 Å². The highest BCUT2D eigenvalue weighted by Crippen LogP contribution is 2.06. The van der Waals surface area contributed by atoms with Crippen molar-refractivity contribution < 1.29 is 14.5 Å². The maximum absolute atomic E-state index is 8.89. The second-order valence-electron chi connectivity index (χ2n) is 5.81. The predicted molar refractivity (Wildman–Crippen MR) is 89.3 cm³/mol. The first-order valence-corrected chi connectivity index (χ1v) is 8.75. The largest absolute Gasteiger partial charge is 0.550 e. The van der Waals surface area contributed by atoms with Crippen LogP contribution in [0.2, 0.25) is 0 Å². The van der Waals surface area contributed by atoms with Crippen molar-refractivity contribution in [2.45, 2.75) is 85.1 Å². The zero-order valence-electron chi connectivity index (χ0n) is 14.6. The van der Waals surface area contributed by atoms with E-state index < -0.39 is 5.97 Å². The smallest absolute Gasteiger partial charge is 0.169 e. The summed E-state index contributed by atoms with van der Waals surface area (Å²) in [6.45, 7) is 6.67. The van der Waals surface area contributed by atoms with E-state index in [1.807, 2.05) is 0 Å². The number of pyridine rings is 1. The third-order valence-corrected chi connectivity index (χ3v) is 3.52. The average Bonchev–Trinajstić information content (AvgIpc) is 2.48. The maximum atomic E-state index is 8.89. The molecule has 0 radical (unpaired) electrons. The van der Waals surface area contributed by atoms with E-state index in [-0.39, 0.29) is 0 Å². The van der Waals surface area contributed by atoms with Crippen LogP contribution in [0.4, 0.5) is 0 Å². The molecule has 0 saturated carbocycles. The van der Waals surface area contributed by atoms with Crippen LogP contribution >= 0.6 is 0 Å². The zero-order chi connectivity index (χ0) is 16.6. The summed E-state index contributed by atoms with van der Waals surface area (Å²) in [5, 5.41) is 8.89. The number of aliphatic carboxylic acids is 1. The van der Waals surface area contributed by atoms with Gasteiger partial charge >= 0.3 is 0 Å². The molecule has 0 aliphatic rings. The number of aryl methyl sites for hydroxylation is 2. The molecule has 1 aromatic rings. The van der Waals surface area contributed by atoms with Gasteiger partial charge in [0, 0.05) is 24.5 Å². The molecule has 1 aromatic heterocycles. The van der Waals surface area contributed by atoms with E-state index in [4.69, 9.17) is 9.90 Å². The Labute approximate surface area is 136 Å². The summed E-state index contributed by atoms with van der Waals surface area (Å²) in [7, 11) is 0. The van der Waals surface area contributed by atoms with Crippen LogP contribution in [0.15, 0.2) is 24.5 Å². The van der Waals surface area contributed by atoms with E-state index in [0.29, 0.717) is 0 Å². The monoisotopic (exact) mass is 307 g/mol. The lowest BCUT2D eigenvalue weighted by molar-refractivity contribution is -0.697. The van der Waals surface area contributed by atoms with Gasteiger partial charge in [-0.05, 0) is 25.3 Å². The number of hydrogen-bond acceptors (Lipinski definition) is 2. The molecule has 3 heteroatoms. The van der Waals surface area contributed by atoms with Crippen LogP contribution in [0.1, 0.15) is 77.7 Å². The van der Waals surface area contributed by atoms with Crippen LogP contribution < -0.4 is 9.67 Å². The molecular formula is C19H33NO2. The molecule has 0 unspecified atom stereocenters. The van der Waals surface area contributed by atoms with E-state index in [1.165, 1.54) is 69.9 Å². The van der Waals surface area contributed by atoms with Gasteiger partial charge in [-0.25, -0.2) is 4.57 Å². The minimum absolute atomic E-state index is 0.972. The quantitative estimate of drug-likeness (QED) is 0.491. The van der Waals surface area contributed by atoms with E-state index in [1.54, 1.807) is 0 Å². The highest BCUT2D eigenvalue weighted by molar-refractivity contribution is 5.60. The van der Waals surface area contributed by atoms with E-state index >= 15 is 0 Å². The molecule has 0 amide bonds. The topological polar surface area (TPSA) is 44.0 Å². The summed E-state index contributed by atoms with van der Waals surface area (Å²) in [5.74, 6) is -1.08. The normalized spacial score (nSPS) is 9.95. The van der Waals surface area contributed by atoms with E-state index in [9.17, 15) is 0 Å². The number of hydrogen-bond donors (Lipinski definition) is 0. The van der Waals surface area contributed by atoms with E-state index in [2.05, 4.69) is 42.9 Å². The minimum atomic E-state index is -1.08. The first kappa shape index (κ1) is 20.6. The van der Waals surface area contributed by atoms with E-state index in [0.717, 1.165) is 6.92 Å². The molecule has 0 N–H and O–H groups in total. The third kappa shape index (κ3) is 13.6. The first-order valence-electron chi connectivity index (χ1n) is 8.75. The van der Waals surface area contributed by atoms with Gasteiger partial charge in [0.2, 0.25) is 0 Å². The Bertz CT molecular complexity index is 370. The molecule has 3 nitrogen and oxygen atoms in total. The van der Waals surface area contributed by atoms with Gasteiger partial charge < -0.3 is 9.90 Å². The number of carbonyl (C=O) groups is 1. The number of carbonyl (C=O) groups excluding carboxylic acids is 1. The van der Waals surface area contributed by atoms with Crippen LogP contribution in [0.5, 0.6) is 0 Å². The zero-order valence-corrected chi connectivity index (χ0v) is 14.6. The van der Waals surface area contributed by atoms with Gasteiger partial charge in [-0.3, -0.25) is 0 Å². The highest BCUT2D eigenvalue weighted by Gasteiger charge is 2.00. The molecular weight excluding hydrogens is 274 g/mol. The van der Waals surface area contributed by atoms with Crippen molar-refractivity contribution in [2.24, 2.45) is 0 Å². The Morgan fingerprint density at radius 3 is 1.95 bits per heavy atom. The van der Waals surface area contributed by atoms with Crippen molar-refractivity contribution in [2.75, 3.05) is 0 Å². The van der Waals surface area contributed by atoms with Gasteiger partial charge in [0.25, 0.3) is 0 Å². The van der Waals surface area contributed by atoms with Crippen molar-refractivity contribution >= 4 is 5.97 Å². The Balaban J connectivity index is 0.000000980. The van der Waals surface area contributed by atoms with Gasteiger partial charge in [-0.1, -0.05) is 52.4 Å². The van der Waals surface area contributed by atoms with Gasteiger partial charge in [-0.15, -0.1) is 0 Å². The number of nitrogens with zero attached hydrogens (tertiary/aromatic N) is 1. The maximum Gasteiger partial charge on any atom is 0.169 e. The van der Waals surface area contributed by atoms with Crippen LogP contribution in [0.3, 0.4) is 0 Å². The fraction of sp³-hybridized carbons (Fsp3) is 0.684.